The van der Waals surface area contributed by atoms with E-state index in [1.807, 2.05) is 0 Å². The Kier molecular flexibility index (Phi) is 6.60. The number of aliphatic hydroxyl groups is 2. The molecule has 0 amide bonds. The molecule has 0 radical (unpaired) electrons. The lowest BCUT2D eigenvalue weighted by Gasteiger charge is -2.18. The number of aliphatic carboxylic acids is 1. The molecule has 1 aliphatic rings. The van der Waals surface area contributed by atoms with Crippen molar-refractivity contribution >= 4 is 5.97 Å². The van der Waals surface area contributed by atoms with Crippen molar-refractivity contribution in [2.75, 3.05) is 0 Å². The topological polar surface area (TPSA) is 77.8 Å². The predicted octanol–water partition coefficient (Wildman–Crippen LogP) is 2.73. The summed E-state index contributed by atoms with van der Waals surface area (Å²) >= 11 is 0. The largest absolute Gasteiger partial charge is 0.512 e. The first kappa shape index (κ1) is 16.6. The SMILES string of the molecule is C#C[C@H](C=C(O)C1CCC(O)C1C(=O)O)CCCCC. The first-order valence-corrected chi connectivity index (χ1v) is 7.28. The molecule has 0 aromatic rings. The van der Waals surface area contributed by atoms with E-state index >= 15 is 0 Å². The lowest BCUT2D eigenvalue weighted by atomic mass is 9.90. The van der Waals surface area contributed by atoms with E-state index in [2.05, 4.69) is 12.8 Å². The average Bonchev–Trinajstić information content (AvgIpc) is 2.79. The summed E-state index contributed by atoms with van der Waals surface area (Å²) in [4.78, 5) is 11.2. The standard InChI is InChI=1S/C16H24O4/c1-3-5-6-7-11(4-2)10-14(18)12-8-9-13(17)15(12)16(19)20/h2,10-13,15,17-18H,3,5-9H2,1H3,(H,19,20)/t11-,12?,13?,15?/m0/s1. The van der Waals surface area contributed by atoms with Crippen molar-refractivity contribution in [3.05, 3.63) is 11.8 Å². The molecule has 1 fully saturated rings. The number of rotatable bonds is 7. The molecular weight excluding hydrogens is 256 g/mol. The fourth-order valence-corrected chi connectivity index (χ4v) is 2.80. The summed E-state index contributed by atoms with van der Waals surface area (Å²) in [6, 6.07) is 0. The Labute approximate surface area is 120 Å². The zero-order valence-electron chi connectivity index (χ0n) is 12.0. The van der Waals surface area contributed by atoms with Gasteiger partial charge >= 0.3 is 5.97 Å². The highest BCUT2D eigenvalue weighted by Gasteiger charge is 2.42. The molecule has 0 spiro atoms. The lowest BCUT2D eigenvalue weighted by Crippen LogP contribution is -2.28. The normalized spacial score (nSPS) is 28.1. The van der Waals surface area contributed by atoms with E-state index < -0.39 is 23.9 Å². The molecule has 0 aromatic heterocycles. The van der Waals surface area contributed by atoms with Crippen molar-refractivity contribution in [1.82, 2.24) is 0 Å². The van der Waals surface area contributed by atoms with Crippen LogP contribution in [0.4, 0.5) is 0 Å². The molecule has 0 saturated heterocycles. The van der Waals surface area contributed by atoms with Crippen LogP contribution in [-0.2, 0) is 4.79 Å². The van der Waals surface area contributed by atoms with E-state index in [4.69, 9.17) is 11.5 Å². The van der Waals surface area contributed by atoms with Crippen LogP contribution < -0.4 is 0 Å². The molecule has 20 heavy (non-hydrogen) atoms. The highest BCUT2D eigenvalue weighted by Crippen LogP contribution is 2.37. The van der Waals surface area contributed by atoms with Gasteiger partial charge in [0.05, 0.1) is 17.8 Å². The van der Waals surface area contributed by atoms with Gasteiger partial charge in [-0.2, -0.15) is 0 Å². The van der Waals surface area contributed by atoms with E-state index in [9.17, 15) is 15.0 Å². The number of hydrogen-bond acceptors (Lipinski definition) is 3. The Morgan fingerprint density at radius 1 is 1.40 bits per heavy atom. The average molecular weight is 280 g/mol. The van der Waals surface area contributed by atoms with Gasteiger partial charge in [-0.15, -0.1) is 6.42 Å². The third kappa shape index (κ3) is 4.28. The maximum atomic E-state index is 11.2. The third-order valence-electron chi connectivity index (χ3n) is 3.99. The Hall–Kier alpha value is -1.47. The summed E-state index contributed by atoms with van der Waals surface area (Å²) in [5.74, 6) is -0.0469. The van der Waals surface area contributed by atoms with Crippen LogP contribution in [0.3, 0.4) is 0 Å². The second kappa shape index (κ2) is 7.96. The van der Waals surface area contributed by atoms with Crippen LogP contribution in [0.1, 0.15) is 45.4 Å². The van der Waals surface area contributed by atoms with E-state index in [1.54, 1.807) is 6.08 Å². The molecule has 4 atom stereocenters. The van der Waals surface area contributed by atoms with E-state index in [1.165, 1.54) is 0 Å². The summed E-state index contributed by atoms with van der Waals surface area (Å²) in [6.07, 6.45) is 11.0. The van der Waals surface area contributed by atoms with Gasteiger partial charge in [0, 0.05) is 11.8 Å². The number of aliphatic hydroxyl groups excluding tert-OH is 2. The Balaban J connectivity index is 2.71. The number of terminal acetylenes is 1. The minimum absolute atomic E-state index is 0.0217. The molecule has 0 aliphatic heterocycles. The summed E-state index contributed by atoms with van der Waals surface area (Å²) in [7, 11) is 0. The molecule has 4 heteroatoms. The number of carbonyl (C=O) groups is 1. The minimum atomic E-state index is -1.07. The lowest BCUT2D eigenvalue weighted by molar-refractivity contribution is -0.146. The summed E-state index contributed by atoms with van der Waals surface area (Å²) in [6.45, 7) is 2.11. The van der Waals surface area contributed by atoms with Gasteiger partial charge in [0.1, 0.15) is 0 Å². The molecule has 0 aromatic carbocycles. The highest BCUT2D eigenvalue weighted by molar-refractivity contribution is 5.72. The minimum Gasteiger partial charge on any atom is -0.512 e. The van der Waals surface area contributed by atoms with Crippen LogP contribution in [0.15, 0.2) is 11.8 Å². The van der Waals surface area contributed by atoms with Crippen LogP contribution >= 0.6 is 0 Å². The van der Waals surface area contributed by atoms with E-state index in [0.717, 1.165) is 25.7 Å². The van der Waals surface area contributed by atoms with Crippen molar-refractivity contribution in [2.24, 2.45) is 17.8 Å². The number of unbranched alkanes of at least 4 members (excludes halogenated alkanes) is 2. The van der Waals surface area contributed by atoms with Crippen LogP contribution in [0.25, 0.3) is 0 Å². The van der Waals surface area contributed by atoms with Gasteiger partial charge in [-0.1, -0.05) is 32.1 Å². The zero-order valence-corrected chi connectivity index (χ0v) is 12.0. The van der Waals surface area contributed by atoms with Crippen molar-refractivity contribution in [2.45, 2.75) is 51.6 Å². The molecule has 1 aliphatic carbocycles. The first-order chi connectivity index (χ1) is 9.51. The molecule has 0 heterocycles. The van der Waals surface area contributed by atoms with Crippen LogP contribution in [0, 0.1) is 30.1 Å². The molecule has 1 rings (SSSR count). The molecule has 1 saturated carbocycles. The molecule has 112 valence electrons. The molecule has 3 unspecified atom stereocenters. The Morgan fingerprint density at radius 3 is 2.65 bits per heavy atom. The van der Waals surface area contributed by atoms with Gasteiger partial charge in [0.15, 0.2) is 0 Å². The van der Waals surface area contributed by atoms with E-state index in [-0.39, 0.29) is 11.7 Å². The number of hydrogen-bond donors (Lipinski definition) is 3. The number of carboxylic acids is 1. The van der Waals surface area contributed by atoms with Crippen molar-refractivity contribution in [3.8, 4) is 12.3 Å². The van der Waals surface area contributed by atoms with Crippen LogP contribution in [0.2, 0.25) is 0 Å². The second-order valence-corrected chi connectivity index (χ2v) is 5.48. The summed E-state index contributed by atoms with van der Waals surface area (Å²) in [5.41, 5.74) is 0. The summed E-state index contributed by atoms with van der Waals surface area (Å²) < 4.78 is 0. The fraction of sp³-hybridized carbons (Fsp3) is 0.688. The number of carboxylic acid groups (broad SMARTS) is 1. The van der Waals surface area contributed by atoms with Gasteiger partial charge in [-0.25, -0.2) is 0 Å². The maximum absolute atomic E-state index is 11.2. The van der Waals surface area contributed by atoms with Crippen molar-refractivity contribution in [1.29, 1.82) is 0 Å². The maximum Gasteiger partial charge on any atom is 0.309 e. The zero-order chi connectivity index (χ0) is 15.1. The number of allylic oxidation sites excluding steroid dienone is 2. The first-order valence-electron chi connectivity index (χ1n) is 7.28. The Bertz CT molecular complexity index is 394. The second-order valence-electron chi connectivity index (χ2n) is 5.48. The third-order valence-corrected chi connectivity index (χ3v) is 3.99. The predicted molar refractivity (Wildman–Crippen MR) is 77.0 cm³/mol. The van der Waals surface area contributed by atoms with Crippen LogP contribution in [0.5, 0.6) is 0 Å². The molecule has 3 N–H and O–H groups in total. The fourth-order valence-electron chi connectivity index (χ4n) is 2.80. The van der Waals surface area contributed by atoms with E-state index in [0.29, 0.717) is 12.8 Å². The van der Waals surface area contributed by atoms with Gasteiger partial charge in [0.2, 0.25) is 0 Å². The van der Waals surface area contributed by atoms with Crippen molar-refractivity contribution < 1.29 is 20.1 Å². The quantitative estimate of drug-likeness (QED) is 0.381. The molecular formula is C16H24O4. The highest BCUT2D eigenvalue weighted by atomic mass is 16.4. The van der Waals surface area contributed by atoms with Gasteiger partial charge in [0.25, 0.3) is 0 Å². The summed E-state index contributed by atoms with van der Waals surface area (Å²) in [5, 5.41) is 28.9. The van der Waals surface area contributed by atoms with Gasteiger partial charge < -0.3 is 15.3 Å². The van der Waals surface area contributed by atoms with Crippen molar-refractivity contribution in [3.63, 3.8) is 0 Å². The van der Waals surface area contributed by atoms with Gasteiger partial charge in [-0.05, 0) is 25.3 Å². The monoisotopic (exact) mass is 280 g/mol. The molecule has 0 bridgehead atoms. The van der Waals surface area contributed by atoms with Gasteiger partial charge in [-0.3, -0.25) is 4.79 Å². The molecule has 4 nitrogen and oxygen atoms in total. The smallest absolute Gasteiger partial charge is 0.309 e. The van der Waals surface area contributed by atoms with Crippen LogP contribution in [-0.4, -0.2) is 27.4 Å². The Morgan fingerprint density at radius 2 is 2.10 bits per heavy atom.